The zero-order chi connectivity index (χ0) is 18.3. The molecule has 2 aliphatic heterocycles. The molecule has 1 atom stereocenters. The van der Waals surface area contributed by atoms with Crippen molar-refractivity contribution in [3.63, 3.8) is 0 Å². The van der Waals surface area contributed by atoms with Gasteiger partial charge in [-0.15, -0.1) is 12.4 Å². The quantitative estimate of drug-likeness (QED) is 0.707. The van der Waals surface area contributed by atoms with Gasteiger partial charge in [-0.05, 0) is 37.1 Å². The molecule has 3 N–H and O–H groups in total. The monoisotopic (exact) mass is 397 g/mol. The zero-order valence-corrected chi connectivity index (χ0v) is 16.4. The van der Waals surface area contributed by atoms with E-state index in [9.17, 15) is 0 Å². The van der Waals surface area contributed by atoms with Gasteiger partial charge < -0.3 is 15.8 Å². The molecule has 1 aromatic carbocycles. The van der Waals surface area contributed by atoms with Crippen LogP contribution in [0, 0.1) is 0 Å². The number of nitrogen functional groups attached to an aromatic ring is 1. The van der Waals surface area contributed by atoms with E-state index in [1.54, 1.807) is 6.20 Å². The number of nitrogens with one attached hydrogen (secondary N) is 1. The third kappa shape index (κ3) is 3.23. The first-order valence-electron chi connectivity index (χ1n) is 9.45. The fourth-order valence-electron chi connectivity index (χ4n) is 4.23. The lowest BCUT2D eigenvalue weighted by atomic mass is 9.82. The van der Waals surface area contributed by atoms with Crippen LogP contribution in [0.2, 0.25) is 0 Å². The Balaban J connectivity index is 0.00000192. The van der Waals surface area contributed by atoms with Gasteiger partial charge >= 0.3 is 0 Å². The maximum absolute atomic E-state index is 6.03. The number of rotatable bonds is 4. The predicted molar refractivity (Wildman–Crippen MR) is 112 cm³/mol. The molecular weight excluding hydrogens is 374 g/mol. The third-order valence-electron chi connectivity index (χ3n) is 5.78. The van der Waals surface area contributed by atoms with Gasteiger partial charge in [-0.25, -0.2) is 4.98 Å². The maximum atomic E-state index is 6.03. The minimum absolute atomic E-state index is 0. The molecule has 0 aliphatic carbocycles. The average molecular weight is 398 g/mol. The van der Waals surface area contributed by atoms with Crippen LogP contribution in [0.25, 0.3) is 11.3 Å². The maximum Gasteiger partial charge on any atom is 0.166 e. The lowest BCUT2D eigenvalue weighted by molar-refractivity contribution is 0.307. The van der Waals surface area contributed by atoms with Gasteiger partial charge in [-0.2, -0.15) is 5.10 Å². The van der Waals surface area contributed by atoms with Gasteiger partial charge in [0.1, 0.15) is 6.61 Å². The number of hydrogen-bond acceptors (Lipinski definition) is 5. The van der Waals surface area contributed by atoms with Gasteiger partial charge in [0.2, 0.25) is 0 Å². The van der Waals surface area contributed by atoms with Crippen LogP contribution in [0.15, 0.2) is 48.7 Å². The number of aromatic nitrogens is 3. The zero-order valence-electron chi connectivity index (χ0n) is 15.6. The molecular formula is C21H24ClN5O. The number of nitrogens with zero attached hydrogens (tertiary/aromatic N) is 3. The van der Waals surface area contributed by atoms with Crippen molar-refractivity contribution < 1.29 is 4.74 Å². The normalized spacial score (nSPS) is 20.1. The third-order valence-corrected chi connectivity index (χ3v) is 5.78. The van der Waals surface area contributed by atoms with E-state index in [2.05, 4.69) is 21.0 Å². The second-order valence-corrected chi connectivity index (χ2v) is 7.48. The van der Waals surface area contributed by atoms with E-state index < -0.39 is 0 Å². The Morgan fingerprint density at radius 2 is 2.04 bits per heavy atom. The molecule has 0 bridgehead atoms. The van der Waals surface area contributed by atoms with Crippen molar-refractivity contribution in [2.45, 2.75) is 31.4 Å². The number of nitrogens with two attached hydrogens (primary N) is 1. The first-order chi connectivity index (χ1) is 13.2. The molecule has 28 heavy (non-hydrogen) atoms. The number of hydrogen-bond donors (Lipinski definition) is 2. The van der Waals surface area contributed by atoms with Crippen molar-refractivity contribution in [1.29, 1.82) is 0 Å². The summed E-state index contributed by atoms with van der Waals surface area (Å²) < 4.78 is 8.08. The second-order valence-electron chi connectivity index (χ2n) is 7.48. The van der Waals surface area contributed by atoms with Crippen molar-refractivity contribution in [1.82, 2.24) is 20.1 Å². The number of halogens is 1. The molecule has 0 saturated carbocycles. The van der Waals surface area contributed by atoms with E-state index in [0.717, 1.165) is 36.5 Å². The highest BCUT2D eigenvalue weighted by atomic mass is 35.5. The van der Waals surface area contributed by atoms with E-state index in [0.29, 0.717) is 18.2 Å². The highest BCUT2D eigenvalue weighted by molar-refractivity contribution is 5.85. The molecule has 0 amide bonds. The van der Waals surface area contributed by atoms with Crippen LogP contribution in [0.5, 0.6) is 5.75 Å². The van der Waals surface area contributed by atoms with Crippen LogP contribution in [0.3, 0.4) is 0 Å². The molecule has 7 heteroatoms. The molecule has 3 aromatic rings. The molecule has 1 fully saturated rings. The minimum atomic E-state index is 0. The van der Waals surface area contributed by atoms with Gasteiger partial charge in [-0.3, -0.25) is 4.68 Å². The Labute approximate surface area is 170 Å². The van der Waals surface area contributed by atoms with Gasteiger partial charge in [0.15, 0.2) is 11.6 Å². The topological polar surface area (TPSA) is 78.0 Å². The molecule has 1 saturated heterocycles. The minimum Gasteiger partial charge on any atom is -0.485 e. The van der Waals surface area contributed by atoms with Gasteiger partial charge in [0, 0.05) is 36.0 Å². The summed E-state index contributed by atoms with van der Waals surface area (Å²) in [6.45, 7) is 3.58. The second kappa shape index (κ2) is 7.45. The Morgan fingerprint density at radius 3 is 2.82 bits per heavy atom. The summed E-state index contributed by atoms with van der Waals surface area (Å²) in [6.07, 6.45) is 4.14. The molecule has 5 rings (SSSR count). The van der Waals surface area contributed by atoms with Crippen LogP contribution in [0.4, 0.5) is 5.82 Å². The first kappa shape index (κ1) is 18.8. The molecule has 4 heterocycles. The Morgan fingerprint density at radius 1 is 1.18 bits per heavy atom. The highest BCUT2D eigenvalue weighted by Gasteiger charge is 2.42. The van der Waals surface area contributed by atoms with E-state index in [4.69, 9.17) is 15.6 Å². The number of benzene rings is 1. The molecule has 6 nitrogen and oxygen atoms in total. The lowest BCUT2D eigenvalue weighted by Crippen LogP contribution is -2.25. The molecule has 146 valence electrons. The van der Waals surface area contributed by atoms with Gasteiger partial charge in [0.25, 0.3) is 0 Å². The smallest absolute Gasteiger partial charge is 0.166 e. The van der Waals surface area contributed by atoms with Crippen molar-refractivity contribution >= 4 is 18.2 Å². The van der Waals surface area contributed by atoms with Crippen molar-refractivity contribution in [3.05, 3.63) is 59.9 Å². The fourth-order valence-corrected chi connectivity index (χ4v) is 4.23. The summed E-state index contributed by atoms with van der Waals surface area (Å²) in [7, 11) is 0. The number of anilines is 1. The summed E-state index contributed by atoms with van der Waals surface area (Å²) >= 11 is 0. The van der Waals surface area contributed by atoms with Gasteiger partial charge in [0.05, 0.1) is 5.69 Å². The van der Waals surface area contributed by atoms with E-state index in [-0.39, 0.29) is 17.8 Å². The summed E-state index contributed by atoms with van der Waals surface area (Å²) in [5.41, 5.74) is 10.6. The predicted octanol–water partition coefficient (Wildman–Crippen LogP) is 3.16. The van der Waals surface area contributed by atoms with Crippen LogP contribution < -0.4 is 15.8 Å². The highest BCUT2D eigenvalue weighted by Crippen LogP contribution is 2.41. The number of pyridine rings is 1. The number of fused-ring (bicyclic) bond motifs is 2. The molecule has 0 unspecified atom stereocenters. The van der Waals surface area contributed by atoms with Crippen LogP contribution in [0.1, 0.15) is 24.1 Å². The number of aryl methyl sites for hydroxylation is 1. The van der Waals surface area contributed by atoms with E-state index in [1.807, 2.05) is 36.4 Å². The SMILES string of the molecule is Cl.Nc1ncc(-c2cc3n(n2)CC[C@@]32CCNC2)cc1OCc1ccccc1. The van der Waals surface area contributed by atoms with Crippen LogP contribution in [-0.2, 0) is 18.6 Å². The standard InChI is InChI=1S/C21H23N5O.ClH/c22-20-18(27-13-15-4-2-1-3-5-15)10-16(12-24-20)17-11-19-21(6-8-23-14-21)7-9-26(19)25-17;/h1-5,10-12,23H,6-9,13-14H2,(H2,22,24);1H/t21-;/m1./s1. The molecule has 2 aromatic heterocycles. The average Bonchev–Trinajstić information content (AvgIpc) is 3.41. The molecule has 0 radical (unpaired) electrons. The summed E-state index contributed by atoms with van der Waals surface area (Å²) in [4.78, 5) is 4.33. The lowest BCUT2D eigenvalue weighted by Gasteiger charge is -2.20. The largest absolute Gasteiger partial charge is 0.485 e. The van der Waals surface area contributed by atoms with Crippen LogP contribution in [-0.4, -0.2) is 27.9 Å². The van der Waals surface area contributed by atoms with E-state index in [1.165, 1.54) is 18.5 Å². The Hall–Kier alpha value is -2.57. The summed E-state index contributed by atoms with van der Waals surface area (Å²) in [6, 6.07) is 14.2. The van der Waals surface area contributed by atoms with Crippen molar-refractivity contribution in [2.24, 2.45) is 0 Å². The summed E-state index contributed by atoms with van der Waals surface area (Å²) in [5.74, 6) is 1.000. The number of ether oxygens (including phenoxy) is 1. The van der Waals surface area contributed by atoms with Gasteiger partial charge in [-0.1, -0.05) is 30.3 Å². The Bertz CT molecular complexity index is 966. The Kier molecular flexibility index (Phi) is 5.00. The van der Waals surface area contributed by atoms with Crippen LogP contribution >= 0.6 is 12.4 Å². The van der Waals surface area contributed by atoms with Crippen molar-refractivity contribution in [2.75, 3.05) is 18.8 Å². The first-order valence-corrected chi connectivity index (χ1v) is 9.45. The summed E-state index contributed by atoms with van der Waals surface area (Å²) in [5, 5.41) is 8.33. The molecule has 1 spiro atoms. The molecule has 2 aliphatic rings. The fraction of sp³-hybridized carbons (Fsp3) is 0.333. The van der Waals surface area contributed by atoms with Crippen molar-refractivity contribution in [3.8, 4) is 17.0 Å². The van der Waals surface area contributed by atoms with E-state index >= 15 is 0 Å².